The van der Waals surface area contributed by atoms with E-state index in [-0.39, 0.29) is 18.6 Å². The maximum Gasteiger partial charge on any atom is 0.417 e. The first-order valence-electron chi connectivity index (χ1n) is 6.91. The summed E-state index contributed by atoms with van der Waals surface area (Å²) in [6.45, 7) is 7.35. The smallest absolute Gasteiger partial charge is 0.417 e. The monoisotopic (exact) mass is 297 g/mol. The van der Waals surface area contributed by atoms with Gasteiger partial charge in [-0.2, -0.15) is 0 Å². The third-order valence-corrected chi connectivity index (χ3v) is 3.34. The molecule has 1 aliphatic rings. The zero-order chi connectivity index (χ0) is 16.2. The number of carbonyl (C=O) groups excluding carboxylic acids is 2. The number of ether oxygens (including phenoxy) is 3. The van der Waals surface area contributed by atoms with Crippen molar-refractivity contribution in [2.24, 2.45) is 5.92 Å². The highest BCUT2D eigenvalue weighted by Gasteiger charge is 2.55. The van der Waals surface area contributed by atoms with Crippen molar-refractivity contribution in [3.05, 3.63) is 0 Å². The maximum absolute atomic E-state index is 12.1. The molecule has 1 saturated heterocycles. The molecule has 21 heavy (non-hydrogen) atoms. The van der Waals surface area contributed by atoms with Gasteiger partial charge in [0.15, 0.2) is 11.9 Å². The lowest BCUT2D eigenvalue weighted by molar-refractivity contribution is -0.253. The third-order valence-electron chi connectivity index (χ3n) is 3.34. The van der Waals surface area contributed by atoms with Gasteiger partial charge in [-0.3, -0.25) is 4.79 Å². The molecule has 0 N–H and O–H groups in total. The first kappa shape index (κ1) is 17.5. The summed E-state index contributed by atoms with van der Waals surface area (Å²) in [6, 6.07) is -0.370. The number of carbonyl (C=O) groups is 2. The van der Waals surface area contributed by atoms with Gasteiger partial charge >= 0.3 is 6.09 Å². The van der Waals surface area contributed by atoms with Crippen LogP contribution in [0.25, 0.3) is 0 Å². The number of likely N-dealkylation sites (tertiary alicyclic amines) is 1. The van der Waals surface area contributed by atoms with E-state index in [0.29, 0.717) is 6.42 Å². The van der Waals surface area contributed by atoms with E-state index in [1.807, 2.05) is 13.8 Å². The predicted octanol–water partition coefficient (Wildman–Crippen LogP) is 1.78. The maximum atomic E-state index is 12.1. The van der Waals surface area contributed by atoms with Gasteiger partial charge in [0.2, 0.25) is 0 Å². The van der Waals surface area contributed by atoms with Crippen LogP contribution in [0.2, 0.25) is 0 Å². The zero-order valence-corrected chi connectivity index (χ0v) is 13.2. The van der Waals surface area contributed by atoms with Gasteiger partial charge in [-0.25, -0.2) is 9.69 Å². The number of hydrogen-bond donors (Lipinski definition) is 0. The van der Waals surface area contributed by atoms with E-state index in [2.05, 4.69) is 5.92 Å². The fourth-order valence-electron chi connectivity index (χ4n) is 2.08. The third kappa shape index (κ3) is 3.96. The number of methoxy groups -OCH3 is 1. The molecule has 0 aromatic rings. The summed E-state index contributed by atoms with van der Waals surface area (Å²) in [5.41, 5.74) is 0. The Morgan fingerprint density at radius 2 is 2.10 bits per heavy atom. The summed E-state index contributed by atoms with van der Waals surface area (Å²) in [6.07, 6.45) is 4.02. The second kappa shape index (κ2) is 6.92. The van der Waals surface area contributed by atoms with E-state index in [1.54, 1.807) is 13.8 Å². The largest absolute Gasteiger partial charge is 0.448 e. The minimum absolute atomic E-state index is 0.0422. The number of nitrogens with zero attached hydrogens (tertiary/aromatic N) is 1. The van der Waals surface area contributed by atoms with E-state index in [0.717, 1.165) is 4.90 Å². The zero-order valence-electron chi connectivity index (χ0n) is 13.2. The molecule has 2 atom stereocenters. The standard InChI is InChI=1S/C15H23NO5/c1-7-8-9-20-14(18)16-11(10(2)3)12(13(16)17)21-15(4,5)19-6/h1,10-12H,8-9H2,2-6H3/t11-,12+/m1/s1. The second-order valence-electron chi connectivity index (χ2n) is 5.65. The molecule has 2 amide bonds. The van der Waals surface area contributed by atoms with Crippen LogP contribution in [0.1, 0.15) is 34.1 Å². The van der Waals surface area contributed by atoms with Crippen molar-refractivity contribution >= 4 is 12.0 Å². The summed E-state index contributed by atoms with van der Waals surface area (Å²) in [7, 11) is 1.50. The fraction of sp³-hybridized carbons (Fsp3) is 0.733. The predicted molar refractivity (Wildman–Crippen MR) is 76.2 cm³/mol. The van der Waals surface area contributed by atoms with Gasteiger partial charge in [0, 0.05) is 13.5 Å². The Morgan fingerprint density at radius 1 is 1.48 bits per heavy atom. The number of amides is 2. The lowest BCUT2D eigenvalue weighted by Crippen LogP contribution is -2.70. The molecule has 0 radical (unpaired) electrons. The van der Waals surface area contributed by atoms with Gasteiger partial charge in [-0.1, -0.05) is 13.8 Å². The van der Waals surface area contributed by atoms with E-state index >= 15 is 0 Å². The quantitative estimate of drug-likeness (QED) is 0.323. The fourth-order valence-corrected chi connectivity index (χ4v) is 2.08. The van der Waals surface area contributed by atoms with Crippen molar-refractivity contribution < 1.29 is 23.8 Å². The molecular weight excluding hydrogens is 274 g/mol. The van der Waals surface area contributed by atoms with E-state index < -0.39 is 23.9 Å². The number of β-lactam (4-membered cyclic amide) rings is 1. The SMILES string of the molecule is C#CCCOC(=O)N1C(=O)[C@@H](OC(C)(C)OC)[C@H]1C(C)C. The van der Waals surface area contributed by atoms with Crippen LogP contribution in [0.15, 0.2) is 0 Å². The van der Waals surface area contributed by atoms with Crippen LogP contribution in [0.5, 0.6) is 0 Å². The van der Waals surface area contributed by atoms with Gasteiger partial charge in [0.1, 0.15) is 6.61 Å². The van der Waals surface area contributed by atoms with Crippen molar-refractivity contribution in [3.8, 4) is 12.3 Å². The molecule has 0 aliphatic carbocycles. The molecule has 0 saturated carbocycles. The van der Waals surface area contributed by atoms with E-state index in [9.17, 15) is 9.59 Å². The molecule has 0 aromatic heterocycles. The van der Waals surface area contributed by atoms with Gasteiger partial charge in [-0.15, -0.1) is 12.3 Å². The van der Waals surface area contributed by atoms with Crippen LogP contribution in [-0.2, 0) is 19.0 Å². The Kier molecular flexibility index (Phi) is 5.76. The van der Waals surface area contributed by atoms with Crippen molar-refractivity contribution in [1.29, 1.82) is 0 Å². The van der Waals surface area contributed by atoms with Gasteiger partial charge < -0.3 is 14.2 Å². The van der Waals surface area contributed by atoms with Crippen LogP contribution in [0, 0.1) is 18.3 Å². The van der Waals surface area contributed by atoms with Crippen LogP contribution < -0.4 is 0 Å². The molecule has 6 heteroatoms. The molecule has 1 heterocycles. The molecule has 1 aliphatic heterocycles. The molecule has 6 nitrogen and oxygen atoms in total. The first-order valence-corrected chi connectivity index (χ1v) is 6.91. The van der Waals surface area contributed by atoms with Crippen LogP contribution in [0.3, 0.4) is 0 Å². The number of terminal acetylenes is 1. The second-order valence-corrected chi connectivity index (χ2v) is 5.65. The molecule has 118 valence electrons. The highest BCUT2D eigenvalue weighted by Crippen LogP contribution is 2.32. The number of imide groups is 1. The highest BCUT2D eigenvalue weighted by atomic mass is 16.7. The Balaban J connectivity index is 2.74. The molecule has 0 unspecified atom stereocenters. The van der Waals surface area contributed by atoms with Crippen molar-refractivity contribution in [3.63, 3.8) is 0 Å². The van der Waals surface area contributed by atoms with E-state index in [4.69, 9.17) is 20.6 Å². The van der Waals surface area contributed by atoms with Crippen LogP contribution >= 0.6 is 0 Å². The minimum Gasteiger partial charge on any atom is -0.448 e. The molecule has 1 fully saturated rings. The molecule has 1 rings (SSSR count). The summed E-state index contributed by atoms with van der Waals surface area (Å²) >= 11 is 0. The number of rotatable bonds is 6. The number of hydrogen-bond acceptors (Lipinski definition) is 5. The highest BCUT2D eigenvalue weighted by molar-refractivity contribution is 6.01. The van der Waals surface area contributed by atoms with Gasteiger partial charge in [0.05, 0.1) is 6.04 Å². The lowest BCUT2D eigenvalue weighted by Gasteiger charge is -2.48. The summed E-state index contributed by atoms with van der Waals surface area (Å²) < 4.78 is 15.8. The topological polar surface area (TPSA) is 65.1 Å². The molecule has 0 aromatic carbocycles. The Morgan fingerprint density at radius 3 is 2.57 bits per heavy atom. The van der Waals surface area contributed by atoms with Crippen LogP contribution in [-0.4, -0.2) is 48.5 Å². The lowest BCUT2D eigenvalue weighted by atomic mass is 9.88. The molecule has 0 bridgehead atoms. The van der Waals surface area contributed by atoms with Crippen molar-refractivity contribution in [2.75, 3.05) is 13.7 Å². The average molecular weight is 297 g/mol. The van der Waals surface area contributed by atoms with Crippen molar-refractivity contribution in [2.45, 2.75) is 52.0 Å². The molecular formula is C15H23NO5. The summed E-state index contributed by atoms with van der Waals surface area (Å²) in [5.74, 6) is 1.10. The Hall–Kier alpha value is -1.58. The minimum atomic E-state index is -0.896. The average Bonchev–Trinajstić information content (AvgIpc) is 2.41. The summed E-state index contributed by atoms with van der Waals surface area (Å²) in [4.78, 5) is 25.2. The Bertz CT molecular complexity index is 438. The van der Waals surface area contributed by atoms with Gasteiger partial charge in [-0.05, 0) is 19.8 Å². The first-order chi connectivity index (χ1) is 9.75. The molecule has 0 spiro atoms. The summed E-state index contributed by atoms with van der Waals surface area (Å²) in [5, 5.41) is 0. The normalized spacial score (nSPS) is 22.0. The van der Waals surface area contributed by atoms with Crippen LogP contribution in [0.4, 0.5) is 4.79 Å². The Labute approximate surface area is 125 Å². The van der Waals surface area contributed by atoms with Gasteiger partial charge in [0.25, 0.3) is 5.91 Å². The van der Waals surface area contributed by atoms with E-state index in [1.165, 1.54) is 7.11 Å². The van der Waals surface area contributed by atoms with Crippen molar-refractivity contribution in [1.82, 2.24) is 4.90 Å².